The van der Waals surface area contributed by atoms with E-state index in [1.54, 1.807) is 11.1 Å². The highest BCUT2D eigenvalue weighted by molar-refractivity contribution is 6.03. The molecule has 2 heterocycles. The molecule has 2 aromatic rings. The van der Waals surface area contributed by atoms with Crippen molar-refractivity contribution >= 4 is 22.5 Å². The van der Waals surface area contributed by atoms with Gasteiger partial charge in [0.25, 0.3) is 0 Å². The molecule has 2 N–H and O–H groups in total. The highest BCUT2D eigenvalue weighted by Crippen LogP contribution is 2.27. The lowest BCUT2D eigenvalue weighted by Crippen LogP contribution is -2.28. The summed E-state index contributed by atoms with van der Waals surface area (Å²) in [5, 5.41) is 2.09. The van der Waals surface area contributed by atoms with Crippen LogP contribution in [0.2, 0.25) is 0 Å². The maximum atomic E-state index is 11.8. The zero-order chi connectivity index (χ0) is 11.8. The van der Waals surface area contributed by atoms with E-state index < -0.39 is 0 Å². The smallest absolute Gasteiger partial charge is 0.229 e. The van der Waals surface area contributed by atoms with Crippen LogP contribution < -0.4 is 10.6 Å². The molecule has 1 atom stereocenters. The Morgan fingerprint density at radius 3 is 2.88 bits per heavy atom. The average Bonchev–Trinajstić information content (AvgIpc) is 2.68. The number of carbonyl (C=O) groups excluding carboxylic acids is 1. The molecule has 1 amide bonds. The van der Waals surface area contributed by atoms with Crippen molar-refractivity contribution in [1.29, 1.82) is 0 Å². The van der Waals surface area contributed by atoms with E-state index in [2.05, 4.69) is 4.98 Å². The Kier molecular flexibility index (Phi) is 2.30. The number of fused-ring (bicyclic) bond motifs is 1. The molecule has 1 fully saturated rings. The first-order chi connectivity index (χ1) is 8.25. The normalized spacial score (nSPS) is 20.2. The van der Waals surface area contributed by atoms with Crippen molar-refractivity contribution in [2.75, 3.05) is 11.4 Å². The van der Waals surface area contributed by atoms with Crippen molar-refractivity contribution in [1.82, 2.24) is 4.98 Å². The van der Waals surface area contributed by atoms with Crippen molar-refractivity contribution in [3.05, 3.63) is 36.5 Å². The highest BCUT2D eigenvalue weighted by Gasteiger charge is 2.29. The summed E-state index contributed by atoms with van der Waals surface area (Å²) in [5.41, 5.74) is 5.81. The highest BCUT2D eigenvalue weighted by atomic mass is 16.2. The van der Waals surface area contributed by atoms with Crippen LogP contribution in [0.4, 0.5) is 5.82 Å². The van der Waals surface area contributed by atoms with E-state index in [0.717, 1.165) is 16.6 Å². The number of carbonyl (C=O) groups is 1. The van der Waals surface area contributed by atoms with Gasteiger partial charge in [-0.15, -0.1) is 0 Å². The quantitative estimate of drug-likeness (QED) is 0.798. The fourth-order valence-electron chi connectivity index (χ4n) is 2.26. The zero-order valence-corrected chi connectivity index (χ0v) is 9.34. The van der Waals surface area contributed by atoms with Gasteiger partial charge in [0.15, 0.2) is 0 Å². The summed E-state index contributed by atoms with van der Waals surface area (Å²) in [6.07, 6.45) is 2.14. The standard InChI is InChI=1S/C13H13N3O/c14-10-7-12(17)16(8-10)13-11-4-2-1-3-9(11)5-6-15-13/h1-6,10H,7-8,14H2. The van der Waals surface area contributed by atoms with Crippen molar-refractivity contribution in [3.63, 3.8) is 0 Å². The fraction of sp³-hybridized carbons (Fsp3) is 0.231. The van der Waals surface area contributed by atoms with Crippen LogP contribution in [-0.4, -0.2) is 23.5 Å². The van der Waals surface area contributed by atoms with Gasteiger partial charge in [-0.05, 0) is 11.5 Å². The largest absolute Gasteiger partial charge is 0.326 e. The summed E-state index contributed by atoms with van der Waals surface area (Å²) >= 11 is 0. The Labute approximate surface area is 99.0 Å². The molecule has 0 spiro atoms. The summed E-state index contributed by atoms with van der Waals surface area (Å²) in [5.74, 6) is 0.780. The number of hydrogen-bond acceptors (Lipinski definition) is 3. The van der Waals surface area contributed by atoms with Gasteiger partial charge in [-0.25, -0.2) is 4.98 Å². The van der Waals surface area contributed by atoms with Crippen LogP contribution in [0.3, 0.4) is 0 Å². The maximum Gasteiger partial charge on any atom is 0.229 e. The Morgan fingerprint density at radius 1 is 1.29 bits per heavy atom. The van der Waals surface area contributed by atoms with Crippen LogP contribution in [0.5, 0.6) is 0 Å². The van der Waals surface area contributed by atoms with Gasteiger partial charge in [-0.2, -0.15) is 0 Å². The average molecular weight is 227 g/mol. The second-order valence-corrected chi connectivity index (χ2v) is 4.32. The Hall–Kier alpha value is -1.94. The molecule has 0 aliphatic carbocycles. The number of amides is 1. The predicted octanol–water partition coefficient (Wildman–Crippen LogP) is 1.30. The lowest BCUT2D eigenvalue weighted by molar-refractivity contribution is -0.117. The van der Waals surface area contributed by atoms with Crippen LogP contribution in [-0.2, 0) is 4.79 Å². The molecule has 86 valence electrons. The van der Waals surface area contributed by atoms with Gasteiger partial charge in [0.1, 0.15) is 5.82 Å². The first-order valence-corrected chi connectivity index (χ1v) is 5.65. The van der Waals surface area contributed by atoms with Crippen molar-refractivity contribution in [3.8, 4) is 0 Å². The molecular weight excluding hydrogens is 214 g/mol. The molecule has 0 bridgehead atoms. The van der Waals surface area contributed by atoms with E-state index in [9.17, 15) is 4.79 Å². The van der Waals surface area contributed by atoms with E-state index in [-0.39, 0.29) is 11.9 Å². The topological polar surface area (TPSA) is 59.2 Å². The minimum atomic E-state index is -0.0803. The summed E-state index contributed by atoms with van der Waals surface area (Å²) in [7, 11) is 0. The third kappa shape index (κ3) is 1.66. The van der Waals surface area contributed by atoms with Crippen molar-refractivity contribution in [2.24, 2.45) is 5.73 Å². The fourth-order valence-corrected chi connectivity index (χ4v) is 2.26. The monoisotopic (exact) mass is 227 g/mol. The summed E-state index contributed by atoms with van der Waals surface area (Å²) in [4.78, 5) is 17.8. The minimum Gasteiger partial charge on any atom is -0.326 e. The number of nitrogens with zero attached hydrogens (tertiary/aromatic N) is 2. The number of benzene rings is 1. The molecule has 1 unspecified atom stereocenters. The van der Waals surface area contributed by atoms with Gasteiger partial charge >= 0.3 is 0 Å². The molecule has 1 aliphatic rings. The Bertz CT molecular complexity index is 576. The second-order valence-electron chi connectivity index (χ2n) is 4.32. The first kappa shape index (κ1) is 10.2. The van der Waals surface area contributed by atoms with Crippen LogP contribution >= 0.6 is 0 Å². The molecule has 1 saturated heterocycles. The molecule has 17 heavy (non-hydrogen) atoms. The van der Waals surface area contributed by atoms with Gasteiger partial charge in [0.2, 0.25) is 5.91 Å². The van der Waals surface area contributed by atoms with E-state index in [4.69, 9.17) is 5.73 Å². The zero-order valence-electron chi connectivity index (χ0n) is 9.34. The van der Waals surface area contributed by atoms with Gasteiger partial charge in [-0.3, -0.25) is 9.69 Å². The maximum absolute atomic E-state index is 11.8. The first-order valence-electron chi connectivity index (χ1n) is 5.65. The van der Waals surface area contributed by atoms with Gasteiger partial charge in [0.05, 0.1) is 0 Å². The van der Waals surface area contributed by atoms with Crippen molar-refractivity contribution < 1.29 is 4.79 Å². The number of nitrogens with two attached hydrogens (primary N) is 1. The molecule has 0 radical (unpaired) electrons. The molecular formula is C13H13N3O. The number of pyridine rings is 1. The SMILES string of the molecule is NC1CC(=O)N(c2nccc3ccccc23)C1. The summed E-state index contributed by atoms with van der Waals surface area (Å²) in [6.45, 7) is 0.555. The van der Waals surface area contributed by atoms with E-state index in [1.807, 2.05) is 30.3 Å². The molecule has 0 saturated carbocycles. The van der Waals surface area contributed by atoms with Crippen LogP contribution in [0.25, 0.3) is 10.8 Å². The summed E-state index contributed by atoms with van der Waals surface area (Å²) < 4.78 is 0. The molecule has 1 aromatic carbocycles. The van der Waals surface area contributed by atoms with E-state index in [0.29, 0.717) is 13.0 Å². The Morgan fingerprint density at radius 2 is 2.12 bits per heavy atom. The second kappa shape index (κ2) is 3.82. The van der Waals surface area contributed by atoms with Gasteiger partial charge in [0, 0.05) is 30.6 Å². The van der Waals surface area contributed by atoms with Crippen LogP contribution in [0.15, 0.2) is 36.5 Å². The molecule has 3 rings (SSSR count). The lowest BCUT2D eigenvalue weighted by atomic mass is 10.1. The van der Waals surface area contributed by atoms with E-state index in [1.165, 1.54) is 0 Å². The van der Waals surface area contributed by atoms with Gasteiger partial charge < -0.3 is 5.73 Å². The molecule has 1 aliphatic heterocycles. The molecule has 4 nitrogen and oxygen atoms in total. The van der Waals surface area contributed by atoms with Crippen molar-refractivity contribution in [2.45, 2.75) is 12.5 Å². The number of aromatic nitrogens is 1. The summed E-state index contributed by atoms with van der Waals surface area (Å²) in [6, 6.07) is 9.79. The minimum absolute atomic E-state index is 0.0568. The van der Waals surface area contributed by atoms with E-state index >= 15 is 0 Å². The third-order valence-electron chi connectivity index (χ3n) is 3.06. The number of anilines is 1. The van der Waals surface area contributed by atoms with Crippen LogP contribution in [0.1, 0.15) is 6.42 Å². The van der Waals surface area contributed by atoms with Gasteiger partial charge in [-0.1, -0.05) is 24.3 Å². The van der Waals surface area contributed by atoms with Crippen LogP contribution in [0, 0.1) is 0 Å². The predicted molar refractivity (Wildman–Crippen MR) is 66.7 cm³/mol. The number of rotatable bonds is 1. The molecule has 4 heteroatoms. The third-order valence-corrected chi connectivity index (χ3v) is 3.06. The number of hydrogen-bond donors (Lipinski definition) is 1. The lowest BCUT2D eigenvalue weighted by Gasteiger charge is -2.16. The Balaban J connectivity index is 2.14. The molecule has 1 aromatic heterocycles.